The minimum absolute atomic E-state index is 0.00574. The van der Waals surface area contributed by atoms with Crippen molar-refractivity contribution in [3.63, 3.8) is 0 Å². The van der Waals surface area contributed by atoms with Gasteiger partial charge in [0.05, 0.1) is 7.11 Å². The Bertz CT molecular complexity index is 548. The van der Waals surface area contributed by atoms with Crippen molar-refractivity contribution in [2.45, 2.75) is 25.8 Å². The summed E-state index contributed by atoms with van der Waals surface area (Å²) < 4.78 is 7.36. The highest BCUT2D eigenvalue weighted by molar-refractivity contribution is 5.37. The Hall–Kier alpha value is -1.81. The fourth-order valence-corrected chi connectivity index (χ4v) is 2.16. The predicted octanol–water partition coefficient (Wildman–Crippen LogP) is 2.37. The number of imidazole rings is 1. The Morgan fingerprint density at radius 1 is 1.42 bits per heavy atom. The van der Waals surface area contributed by atoms with Crippen LogP contribution in [0.5, 0.6) is 5.75 Å². The molecular weight excluding hydrogens is 238 g/mol. The van der Waals surface area contributed by atoms with Crippen LogP contribution in [0.3, 0.4) is 0 Å². The van der Waals surface area contributed by atoms with E-state index in [2.05, 4.69) is 17.1 Å². The number of hydrogen-bond donors (Lipinski definition) is 1. The summed E-state index contributed by atoms with van der Waals surface area (Å²) in [6.45, 7) is 2.03. The van der Waals surface area contributed by atoms with E-state index >= 15 is 0 Å². The third kappa shape index (κ3) is 3.15. The van der Waals surface area contributed by atoms with Gasteiger partial charge in [0.25, 0.3) is 0 Å². The lowest BCUT2D eigenvalue weighted by atomic mass is 10.0. The van der Waals surface area contributed by atoms with E-state index in [4.69, 9.17) is 10.5 Å². The molecule has 102 valence electrons. The number of nitrogens with zero attached hydrogens (tertiary/aromatic N) is 2. The average molecular weight is 259 g/mol. The number of aryl methyl sites for hydroxylation is 3. The van der Waals surface area contributed by atoms with Gasteiger partial charge in [-0.05, 0) is 30.5 Å². The summed E-state index contributed by atoms with van der Waals surface area (Å²) in [5, 5.41) is 0. The Balaban J connectivity index is 2.03. The molecule has 0 fully saturated rings. The van der Waals surface area contributed by atoms with E-state index < -0.39 is 0 Å². The van der Waals surface area contributed by atoms with Crippen LogP contribution in [-0.2, 0) is 13.5 Å². The summed E-state index contributed by atoms with van der Waals surface area (Å²) in [7, 11) is 3.69. The number of benzene rings is 1. The van der Waals surface area contributed by atoms with Gasteiger partial charge in [-0.15, -0.1) is 0 Å². The van der Waals surface area contributed by atoms with Gasteiger partial charge >= 0.3 is 0 Å². The summed E-state index contributed by atoms with van der Waals surface area (Å²) in [6, 6.07) is 6.15. The fourth-order valence-electron chi connectivity index (χ4n) is 2.16. The van der Waals surface area contributed by atoms with Crippen molar-refractivity contribution in [2.75, 3.05) is 7.11 Å². The van der Waals surface area contributed by atoms with Crippen LogP contribution in [0.4, 0.5) is 0 Å². The molecule has 0 bridgehead atoms. The molecule has 1 aromatic heterocycles. The monoisotopic (exact) mass is 259 g/mol. The van der Waals surface area contributed by atoms with Gasteiger partial charge in [-0.1, -0.05) is 12.1 Å². The molecule has 0 aliphatic carbocycles. The van der Waals surface area contributed by atoms with Crippen molar-refractivity contribution in [3.8, 4) is 5.75 Å². The maximum Gasteiger partial charge on any atom is 0.122 e. The van der Waals surface area contributed by atoms with Gasteiger partial charge in [0.1, 0.15) is 11.6 Å². The van der Waals surface area contributed by atoms with Gasteiger partial charge in [0.15, 0.2) is 0 Å². The first kappa shape index (κ1) is 13.6. The zero-order valence-electron chi connectivity index (χ0n) is 11.8. The van der Waals surface area contributed by atoms with Gasteiger partial charge in [0.2, 0.25) is 0 Å². The number of nitrogens with two attached hydrogens (primary N) is 1. The molecule has 0 radical (unpaired) electrons. The first-order valence-electron chi connectivity index (χ1n) is 6.48. The van der Waals surface area contributed by atoms with Crippen molar-refractivity contribution >= 4 is 0 Å². The molecule has 2 rings (SSSR count). The van der Waals surface area contributed by atoms with Crippen LogP contribution in [0.1, 0.15) is 29.4 Å². The predicted molar refractivity (Wildman–Crippen MR) is 76.2 cm³/mol. The van der Waals surface area contributed by atoms with E-state index in [9.17, 15) is 0 Å². The van der Waals surface area contributed by atoms with E-state index in [-0.39, 0.29) is 6.04 Å². The number of ether oxygens (including phenoxy) is 1. The molecule has 1 atom stereocenters. The highest BCUT2D eigenvalue weighted by Crippen LogP contribution is 2.24. The van der Waals surface area contributed by atoms with Gasteiger partial charge in [-0.3, -0.25) is 0 Å². The molecule has 2 N–H and O–H groups in total. The zero-order valence-corrected chi connectivity index (χ0v) is 11.8. The minimum atomic E-state index is 0.00574. The molecule has 0 aliphatic heterocycles. The minimum Gasteiger partial charge on any atom is -0.496 e. The van der Waals surface area contributed by atoms with Crippen molar-refractivity contribution < 1.29 is 4.74 Å². The molecule has 0 amide bonds. The van der Waals surface area contributed by atoms with Gasteiger partial charge in [-0.2, -0.15) is 0 Å². The fraction of sp³-hybridized carbons (Fsp3) is 0.400. The Labute approximate surface area is 114 Å². The van der Waals surface area contributed by atoms with Crippen molar-refractivity contribution in [2.24, 2.45) is 12.8 Å². The largest absolute Gasteiger partial charge is 0.496 e. The molecule has 2 aromatic rings. The topological polar surface area (TPSA) is 53.1 Å². The third-order valence-corrected chi connectivity index (χ3v) is 3.46. The average Bonchev–Trinajstić information content (AvgIpc) is 2.82. The van der Waals surface area contributed by atoms with Crippen LogP contribution in [-0.4, -0.2) is 16.7 Å². The number of aromatic nitrogens is 2. The van der Waals surface area contributed by atoms with Crippen molar-refractivity contribution in [1.29, 1.82) is 0 Å². The molecule has 0 saturated heterocycles. The maximum absolute atomic E-state index is 6.24. The summed E-state index contributed by atoms with van der Waals surface area (Å²) in [4.78, 5) is 4.31. The molecular formula is C15H21N3O. The molecule has 4 nitrogen and oxygen atoms in total. The van der Waals surface area contributed by atoms with E-state index in [1.807, 2.05) is 37.0 Å². The lowest BCUT2D eigenvalue weighted by Gasteiger charge is -2.14. The summed E-state index contributed by atoms with van der Waals surface area (Å²) >= 11 is 0. The van der Waals surface area contributed by atoms with Crippen molar-refractivity contribution in [3.05, 3.63) is 47.5 Å². The molecule has 19 heavy (non-hydrogen) atoms. The highest BCUT2D eigenvalue weighted by atomic mass is 16.5. The number of hydrogen-bond acceptors (Lipinski definition) is 3. The van der Waals surface area contributed by atoms with Gasteiger partial charge in [-0.25, -0.2) is 4.98 Å². The quantitative estimate of drug-likeness (QED) is 0.897. The van der Waals surface area contributed by atoms with Crippen LogP contribution in [0.2, 0.25) is 0 Å². The van der Waals surface area contributed by atoms with Crippen LogP contribution >= 0.6 is 0 Å². The summed E-state index contributed by atoms with van der Waals surface area (Å²) in [6.07, 6.45) is 5.52. The SMILES string of the molecule is COc1cc(C(N)CCc2nccn2C)ccc1C. The van der Waals surface area contributed by atoms with Crippen LogP contribution in [0.25, 0.3) is 0 Å². The van der Waals surface area contributed by atoms with Crippen LogP contribution < -0.4 is 10.5 Å². The second kappa shape index (κ2) is 5.89. The van der Waals surface area contributed by atoms with E-state index in [0.717, 1.165) is 35.5 Å². The van der Waals surface area contributed by atoms with Crippen LogP contribution in [0.15, 0.2) is 30.6 Å². The summed E-state index contributed by atoms with van der Waals surface area (Å²) in [5.74, 6) is 1.96. The van der Waals surface area contributed by atoms with Gasteiger partial charge in [0, 0.05) is 31.9 Å². The summed E-state index contributed by atoms with van der Waals surface area (Å²) in [5.41, 5.74) is 8.48. The maximum atomic E-state index is 6.24. The lowest BCUT2D eigenvalue weighted by Crippen LogP contribution is -2.13. The first-order valence-corrected chi connectivity index (χ1v) is 6.48. The van der Waals surface area contributed by atoms with Crippen LogP contribution in [0, 0.1) is 6.92 Å². The molecule has 1 unspecified atom stereocenters. The Morgan fingerprint density at radius 3 is 2.84 bits per heavy atom. The second-order valence-electron chi connectivity index (χ2n) is 4.83. The molecule has 0 saturated carbocycles. The van der Waals surface area contributed by atoms with E-state index in [1.165, 1.54) is 0 Å². The standard InChI is InChI=1S/C15H21N3O/c1-11-4-5-12(10-14(11)19-3)13(16)6-7-15-17-8-9-18(15)2/h4-5,8-10,13H,6-7,16H2,1-3H3. The Morgan fingerprint density at radius 2 is 2.21 bits per heavy atom. The second-order valence-corrected chi connectivity index (χ2v) is 4.83. The van der Waals surface area contributed by atoms with Gasteiger partial charge < -0.3 is 15.0 Å². The van der Waals surface area contributed by atoms with E-state index in [0.29, 0.717) is 0 Å². The van der Waals surface area contributed by atoms with E-state index in [1.54, 1.807) is 7.11 Å². The normalized spacial score (nSPS) is 12.4. The molecule has 4 heteroatoms. The third-order valence-electron chi connectivity index (χ3n) is 3.46. The lowest BCUT2D eigenvalue weighted by molar-refractivity contribution is 0.410. The number of methoxy groups -OCH3 is 1. The molecule has 0 aliphatic rings. The number of rotatable bonds is 5. The smallest absolute Gasteiger partial charge is 0.122 e. The molecule has 0 spiro atoms. The molecule has 1 aromatic carbocycles. The first-order chi connectivity index (χ1) is 9.11. The van der Waals surface area contributed by atoms with Crippen molar-refractivity contribution in [1.82, 2.24) is 9.55 Å². The zero-order chi connectivity index (χ0) is 13.8. The Kier molecular flexibility index (Phi) is 4.22. The highest BCUT2D eigenvalue weighted by Gasteiger charge is 2.10. The molecule has 1 heterocycles.